The normalized spacial score (nSPS) is 19.9. The fraction of sp³-hybridized carbons (Fsp3) is 0.571. The van der Waals surface area contributed by atoms with Crippen molar-refractivity contribution in [1.82, 2.24) is 4.98 Å². The molecule has 1 N–H and O–H groups in total. The zero-order valence-corrected chi connectivity index (χ0v) is 16.9. The predicted octanol–water partition coefficient (Wildman–Crippen LogP) is 4.54. The largest absolute Gasteiger partial charge is 0.467 e. The van der Waals surface area contributed by atoms with Gasteiger partial charge in [0.15, 0.2) is 6.79 Å². The first-order chi connectivity index (χ1) is 13.1. The second kappa shape index (κ2) is 8.17. The number of fused-ring (bicyclic) bond motifs is 1. The predicted molar refractivity (Wildman–Crippen MR) is 109 cm³/mol. The Morgan fingerprint density at radius 1 is 1.19 bits per heavy atom. The SMILES string of the molecule is CN(C)c1ccc(-c2nc3c(s2)C(O)CCC3)c(OCOC2CCCC2)c1. The minimum Gasteiger partial charge on any atom is -0.467 e. The Bertz CT molecular complexity index is 784. The number of thiazole rings is 1. The van der Waals surface area contributed by atoms with Crippen molar-refractivity contribution in [1.29, 1.82) is 0 Å². The quantitative estimate of drug-likeness (QED) is 0.736. The monoisotopic (exact) mass is 388 g/mol. The fourth-order valence-corrected chi connectivity index (χ4v) is 5.01. The summed E-state index contributed by atoms with van der Waals surface area (Å²) in [7, 11) is 4.04. The van der Waals surface area contributed by atoms with Crippen molar-refractivity contribution in [3.05, 3.63) is 28.8 Å². The van der Waals surface area contributed by atoms with Gasteiger partial charge in [-0.25, -0.2) is 4.98 Å². The van der Waals surface area contributed by atoms with Crippen molar-refractivity contribution in [2.75, 3.05) is 25.8 Å². The second-order valence-electron chi connectivity index (χ2n) is 7.65. The van der Waals surface area contributed by atoms with Crippen molar-refractivity contribution < 1.29 is 14.6 Å². The van der Waals surface area contributed by atoms with Gasteiger partial charge in [0.05, 0.1) is 28.3 Å². The molecular weight excluding hydrogens is 360 g/mol. The van der Waals surface area contributed by atoms with Gasteiger partial charge in [-0.3, -0.25) is 0 Å². The Hall–Kier alpha value is -1.63. The van der Waals surface area contributed by atoms with E-state index >= 15 is 0 Å². The van der Waals surface area contributed by atoms with Crippen LogP contribution >= 0.6 is 11.3 Å². The second-order valence-corrected chi connectivity index (χ2v) is 8.68. The molecule has 27 heavy (non-hydrogen) atoms. The summed E-state index contributed by atoms with van der Waals surface area (Å²) in [5.41, 5.74) is 3.09. The molecule has 1 aromatic carbocycles. The van der Waals surface area contributed by atoms with Crippen LogP contribution in [0.15, 0.2) is 18.2 Å². The van der Waals surface area contributed by atoms with Crippen LogP contribution < -0.4 is 9.64 Å². The molecule has 0 spiro atoms. The smallest absolute Gasteiger partial charge is 0.189 e. The van der Waals surface area contributed by atoms with Crippen LogP contribution in [-0.4, -0.2) is 37.1 Å². The van der Waals surface area contributed by atoms with E-state index in [0.717, 1.165) is 64.7 Å². The van der Waals surface area contributed by atoms with Crippen LogP contribution in [0.2, 0.25) is 0 Å². The average molecular weight is 389 g/mol. The van der Waals surface area contributed by atoms with Crippen LogP contribution in [-0.2, 0) is 11.2 Å². The van der Waals surface area contributed by atoms with E-state index in [4.69, 9.17) is 14.5 Å². The van der Waals surface area contributed by atoms with Crippen molar-refractivity contribution in [3.8, 4) is 16.3 Å². The molecule has 2 aliphatic carbocycles. The molecular formula is C21H28N2O3S. The highest BCUT2D eigenvalue weighted by Gasteiger charge is 2.24. The van der Waals surface area contributed by atoms with Crippen molar-refractivity contribution in [3.63, 3.8) is 0 Å². The van der Waals surface area contributed by atoms with Crippen molar-refractivity contribution in [2.45, 2.75) is 57.2 Å². The number of anilines is 1. The van der Waals surface area contributed by atoms with Gasteiger partial charge in [0, 0.05) is 25.8 Å². The molecule has 1 aromatic heterocycles. The molecule has 6 heteroatoms. The number of nitrogens with zero attached hydrogens (tertiary/aromatic N) is 2. The van der Waals surface area contributed by atoms with Gasteiger partial charge in [0.2, 0.25) is 0 Å². The van der Waals surface area contributed by atoms with E-state index in [0.29, 0.717) is 6.10 Å². The Labute approximate surface area is 164 Å². The maximum Gasteiger partial charge on any atom is 0.189 e. The number of aryl methyl sites for hydroxylation is 1. The van der Waals surface area contributed by atoms with E-state index in [-0.39, 0.29) is 12.9 Å². The minimum absolute atomic E-state index is 0.266. The van der Waals surface area contributed by atoms with Gasteiger partial charge in [0.25, 0.3) is 0 Å². The summed E-state index contributed by atoms with van der Waals surface area (Å²) in [6, 6.07) is 6.19. The number of aliphatic hydroxyl groups is 1. The molecule has 5 nitrogen and oxygen atoms in total. The molecule has 1 fully saturated rings. The van der Waals surface area contributed by atoms with Crippen LogP contribution in [0.25, 0.3) is 10.6 Å². The molecule has 1 unspecified atom stereocenters. The summed E-state index contributed by atoms with van der Waals surface area (Å²) in [6.07, 6.45) is 7.47. The third kappa shape index (κ3) is 4.13. The van der Waals surface area contributed by atoms with Gasteiger partial charge in [-0.05, 0) is 44.2 Å². The van der Waals surface area contributed by atoms with E-state index in [1.165, 1.54) is 12.8 Å². The number of ether oxygens (including phenoxy) is 2. The third-order valence-corrected chi connectivity index (χ3v) is 6.69. The van der Waals surface area contributed by atoms with E-state index in [2.05, 4.69) is 17.0 Å². The molecule has 1 atom stereocenters. The summed E-state index contributed by atoms with van der Waals surface area (Å²) >= 11 is 1.59. The number of aliphatic hydroxyl groups excluding tert-OH is 1. The van der Waals surface area contributed by atoms with Gasteiger partial charge in [-0.1, -0.05) is 12.8 Å². The third-order valence-electron chi connectivity index (χ3n) is 5.45. The number of hydrogen-bond acceptors (Lipinski definition) is 6. The molecule has 0 aliphatic heterocycles. The van der Waals surface area contributed by atoms with E-state index < -0.39 is 0 Å². The first kappa shape index (κ1) is 18.7. The number of benzene rings is 1. The topological polar surface area (TPSA) is 54.8 Å². The standard InChI is InChI=1S/C21H28N2O3S/c1-23(2)14-10-11-16(19(12-14)26-13-25-15-6-3-4-7-15)21-22-17-8-5-9-18(24)20(17)27-21/h10-12,15,18,24H,3-9,13H2,1-2H3. The van der Waals surface area contributed by atoms with Crippen molar-refractivity contribution in [2.24, 2.45) is 0 Å². The number of rotatable bonds is 6. The zero-order chi connectivity index (χ0) is 18.8. The molecule has 0 bridgehead atoms. The first-order valence-electron chi connectivity index (χ1n) is 9.85. The number of hydrogen-bond donors (Lipinski definition) is 1. The van der Waals surface area contributed by atoms with E-state index in [9.17, 15) is 5.11 Å². The molecule has 1 saturated carbocycles. The van der Waals surface area contributed by atoms with Gasteiger partial charge < -0.3 is 19.5 Å². The molecule has 146 valence electrons. The first-order valence-corrected chi connectivity index (χ1v) is 10.7. The Kier molecular flexibility index (Phi) is 5.66. The zero-order valence-electron chi connectivity index (χ0n) is 16.1. The highest BCUT2D eigenvalue weighted by atomic mass is 32.1. The molecule has 2 aromatic rings. The summed E-state index contributed by atoms with van der Waals surface area (Å²) in [5, 5.41) is 11.2. The van der Waals surface area contributed by atoms with Gasteiger partial charge in [-0.15, -0.1) is 11.3 Å². The van der Waals surface area contributed by atoms with Crippen LogP contribution in [0, 0.1) is 0 Å². The minimum atomic E-state index is -0.379. The van der Waals surface area contributed by atoms with Gasteiger partial charge in [0.1, 0.15) is 10.8 Å². The average Bonchev–Trinajstić information content (AvgIpc) is 3.32. The lowest BCUT2D eigenvalue weighted by molar-refractivity contribution is -0.0322. The summed E-state index contributed by atoms with van der Waals surface area (Å²) in [5.74, 6) is 0.791. The molecule has 0 saturated heterocycles. The highest BCUT2D eigenvalue weighted by molar-refractivity contribution is 7.15. The Morgan fingerprint density at radius 3 is 2.74 bits per heavy atom. The fourth-order valence-electron chi connectivity index (χ4n) is 3.85. The lowest BCUT2D eigenvalue weighted by Gasteiger charge is -2.18. The molecule has 2 aliphatic rings. The van der Waals surface area contributed by atoms with Gasteiger partial charge >= 0.3 is 0 Å². The van der Waals surface area contributed by atoms with Crippen LogP contribution in [0.5, 0.6) is 5.75 Å². The van der Waals surface area contributed by atoms with Gasteiger partial charge in [-0.2, -0.15) is 0 Å². The van der Waals surface area contributed by atoms with Crippen LogP contribution in [0.4, 0.5) is 5.69 Å². The maximum absolute atomic E-state index is 10.3. The Balaban J connectivity index is 1.59. The molecule has 0 radical (unpaired) electrons. The highest BCUT2D eigenvalue weighted by Crippen LogP contribution is 2.41. The maximum atomic E-state index is 10.3. The summed E-state index contributed by atoms with van der Waals surface area (Å²) in [4.78, 5) is 7.89. The van der Waals surface area contributed by atoms with Crippen molar-refractivity contribution >= 4 is 17.0 Å². The molecule has 0 amide bonds. The Morgan fingerprint density at radius 2 is 2.00 bits per heavy atom. The van der Waals surface area contributed by atoms with Crippen LogP contribution in [0.1, 0.15) is 55.2 Å². The van der Waals surface area contributed by atoms with E-state index in [1.807, 2.05) is 20.2 Å². The lowest BCUT2D eigenvalue weighted by Crippen LogP contribution is -2.13. The van der Waals surface area contributed by atoms with Crippen LogP contribution in [0.3, 0.4) is 0 Å². The summed E-state index contributed by atoms with van der Waals surface area (Å²) in [6.45, 7) is 0.266. The lowest BCUT2D eigenvalue weighted by atomic mass is 10.0. The molecule has 4 rings (SSSR count). The molecule has 1 heterocycles. The summed E-state index contributed by atoms with van der Waals surface area (Å²) < 4.78 is 12.0. The van der Waals surface area contributed by atoms with E-state index in [1.54, 1.807) is 11.3 Å². The number of aromatic nitrogens is 1.